The molecule has 2 atom stereocenters. The van der Waals surface area contributed by atoms with Gasteiger partial charge in [-0.25, -0.2) is 0 Å². The second kappa shape index (κ2) is 9.03. The summed E-state index contributed by atoms with van der Waals surface area (Å²) in [6.45, 7) is 0. The largest absolute Gasteiger partial charge is 0.481 e. The van der Waals surface area contributed by atoms with Gasteiger partial charge in [-0.2, -0.15) is 0 Å². The minimum Gasteiger partial charge on any atom is -0.481 e. The van der Waals surface area contributed by atoms with Gasteiger partial charge in [-0.3, -0.25) is 4.79 Å². The molecule has 0 spiro atoms. The van der Waals surface area contributed by atoms with Crippen molar-refractivity contribution in [3.63, 3.8) is 0 Å². The quantitative estimate of drug-likeness (QED) is 0.394. The van der Waals surface area contributed by atoms with Crippen molar-refractivity contribution in [3.05, 3.63) is 96.1 Å². The number of aryl methyl sites for hydroxylation is 1. The molecule has 1 aliphatic carbocycles. The first-order chi connectivity index (χ1) is 15.1. The Hall–Kier alpha value is -3.34. The van der Waals surface area contributed by atoms with Crippen molar-refractivity contribution in [2.24, 2.45) is 5.73 Å². The Morgan fingerprint density at radius 1 is 0.906 bits per heavy atom. The standard InChI is InChI=1S/C27H23NO3.ClH/c28-24-14-12-18-11-13-21(16-23(18)26(24)27(29)30)31-25-8-4-3-7-22(25)20-10-9-17-5-1-2-6-19(17)15-20;/h1-11,13,15-16,24,26H,12,14,28H2,(H,29,30);1H. The van der Waals surface area contributed by atoms with Crippen molar-refractivity contribution in [1.29, 1.82) is 0 Å². The smallest absolute Gasteiger partial charge is 0.312 e. The summed E-state index contributed by atoms with van der Waals surface area (Å²) in [6.07, 6.45) is 1.46. The molecule has 4 aromatic rings. The molecular formula is C27H24ClNO3. The van der Waals surface area contributed by atoms with Crippen LogP contribution < -0.4 is 10.5 Å². The van der Waals surface area contributed by atoms with Crippen LogP contribution in [-0.2, 0) is 11.2 Å². The van der Waals surface area contributed by atoms with E-state index in [2.05, 4.69) is 30.3 Å². The van der Waals surface area contributed by atoms with Crippen LogP contribution in [-0.4, -0.2) is 17.1 Å². The van der Waals surface area contributed by atoms with Gasteiger partial charge in [-0.1, -0.05) is 60.7 Å². The number of ether oxygens (including phenoxy) is 1. The molecule has 2 unspecified atom stereocenters. The van der Waals surface area contributed by atoms with E-state index in [1.165, 1.54) is 10.8 Å². The molecule has 4 aromatic carbocycles. The Kier molecular flexibility index (Phi) is 6.17. The molecule has 0 fully saturated rings. The van der Waals surface area contributed by atoms with E-state index in [1.807, 2.05) is 54.6 Å². The third kappa shape index (κ3) is 4.07. The van der Waals surface area contributed by atoms with E-state index < -0.39 is 11.9 Å². The minimum absolute atomic E-state index is 0. The number of carboxylic acid groups (broad SMARTS) is 1. The molecule has 5 heteroatoms. The summed E-state index contributed by atoms with van der Waals surface area (Å²) in [5.41, 5.74) is 9.96. The fourth-order valence-corrected chi connectivity index (χ4v) is 4.47. The Labute approximate surface area is 193 Å². The summed E-state index contributed by atoms with van der Waals surface area (Å²) in [6, 6.07) is 27.8. The first-order valence-corrected chi connectivity index (χ1v) is 10.5. The molecule has 162 valence electrons. The van der Waals surface area contributed by atoms with Gasteiger partial charge >= 0.3 is 5.97 Å². The topological polar surface area (TPSA) is 72.5 Å². The molecule has 0 saturated carbocycles. The van der Waals surface area contributed by atoms with Gasteiger partial charge in [0.25, 0.3) is 0 Å². The van der Waals surface area contributed by atoms with Crippen LogP contribution in [0.15, 0.2) is 84.9 Å². The number of carboxylic acids is 1. The van der Waals surface area contributed by atoms with Crippen LogP contribution in [0.5, 0.6) is 11.5 Å². The second-order valence-corrected chi connectivity index (χ2v) is 8.04. The van der Waals surface area contributed by atoms with E-state index in [4.69, 9.17) is 10.5 Å². The fourth-order valence-electron chi connectivity index (χ4n) is 4.47. The van der Waals surface area contributed by atoms with Gasteiger partial charge < -0.3 is 15.6 Å². The zero-order valence-corrected chi connectivity index (χ0v) is 18.2. The highest BCUT2D eigenvalue weighted by Crippen LogP contribution is 2.38. The molecule has 0 aromatic heterocycles. The SMILES string of the molecule is Cl.NC1CCc2ccc(Oc3ccccc3-c3ccc4ccccc4c3)cc2C1C(=O)O. The summed E-state index contributed by atoms with van der Waals surface area (Å²) < 4.78 is 6.27. The van der Waals surface area contributed by atoms with Gasteiger partial charge in [0.15, 0.2) is 0 Å². The predicted octanol–water partition coefficient (Wildman–Crippen LogP) is 6.16. The number of carbonyl (C=O) groups is 1. The number of aliphatic carboxylic acids is 1. The highest BCUT2D eigenvalue weighted by Gasteiger charge is 2.33. The van der Waals surface area contributed by atoms with Crippen molar-refractivity contribution in [1.82, 2.24) is 0 Å². The summed E-state index contributed by atoms with van der Waals surface area (Å²) >= 11 is 0. The predicted molar refractivity (Wildman–Crippen MR) is 130 cm³/mol. The maximum Gasteiger partial charge on any atom is 0.312 e. The number of halogens is 1. The van der Waals surface area contributed by atoms with Crippen LogP contribution in [0.25, 0.3) is 21.9 Å². The Bertz CT molecular complexity index is 1290. The highest BCUT2D eigenvalue weighted by molar-refractivity contribution is 5.88. The van der Waals surface area contributed by atoms with Crippen molar-refractivity contribution in [3.8, 4) is 22.6 Å². The maximum atomic E-state index is 11.8. The summed E-state index contributed by atoms with van der Waals surface area (Å²) in [5.74, 6) is -0.248. The molecule has 0 saturated heterocycles. The molecule has 5 rings (SSSR count). The first kappa shape index (κ1) is 21.9. The van der Waals surface area contributed by atoms with Gasteiger partial charge in [0, 0.05) is 11.6 Å². The van der Waals surface area contributed by atoms with Crippen molar-refractivity contribution >= 4 is 29.1 Å². The van der Waals surface area contributed by atoms with Crippen LogP contribution in [0.3, 0.4) is 0 Å². The summed E-state index contributed by atoms with van der Waals surface area (Å²) in [5, 5.41) is 12.1. The minimum atomic E-state index is -0.887. The summed E-state index contributed by atoms with van der Waals surface area (Å²) in [4.78, 5) is 11.8. The number of rotatable bonds is 4. The van der Waals surface area contributed by atoms with Crippen LogP contribution in [0.1, 0.15) is 23.5 Å². The van der Waals surface area contributed by atoms with Crippen molar-refractivity contribution < 1.29 is 14.6 Å². The number of nitrogens with two attached hydrogens (primary N) is 1. The van der Waals surface area contributed by atoms with Gasteiger partial charge in [0.05, 0.1) is 5.92 Å². The van der Waals surface area contributed by atoms with Gasteiger partial charge in [0.2, 0.25) is 0 Å². The molecule has 32 heavy (non-hydrogen) atoms. The fraction of sp³-hybridized carbons (Fsp3) is 0.148. The number of para-hydroxylation sites is 1. The van der Waals surface area contributed by atoms with Gasteiger partial charge in [0.1, 0.15) is 11.5 Å². The van der Waals surface area contributed by atoms with Gasteiger partial charge in [-0.15, -0.1) is 12.4 Å². The molecule has 0 heterocycles. The lowest BCUT2D eigenvalue weighted by molar-refractivity contribution is -0.139. The van der Waals surface area contributed by atoms with Crippen molar-refractivity contribution in [2.75, 3.05) is 0 Å². The van der Waals surface area contributed by atoms with Crippen LogP contribution in [0, 0.1) is 0 Å². The van der Waals surface area contributed by atoms with E-state index in [0.29, 0.717) is 12.2 Å². The van der Waals surface area contributed by atoms with Crippen molar-refractivity contribution in [2.45, 2.75) is 24.8 Å². The second-order valence-electron chi connectivity index (χ2n) is 8.04. The first-order valence-electron chi connectivity index (χ1n) is 10.5. The van der Waals surface area contributed by atoms with E-state index >= 15 is 0 Å². The van der Waals surface area contributed by atoms with Gasteiger partial charge in [-0.05, 0) is 64.6 Å². The highest BCUT2D eigenvalue weighted by atomic mass is 35.5. The lowest BCUT2D eigenvalue weighted by atomic mass is 9.79. The van der Waals surface area contributed by atoms with E-state index in [-0.39, 0.29) is 18.4 Å². The maximum absolute atomic E-state index is 11.8. The molecule has 3 N–H and O–H groups in total. The molecule has 0 amide bonds. The molecule has 1 aliphatic rings. The molecule has 0 bridgehead atoms. The number of fused-ring (bicyclic) bond motifs is 2. The number of hydrogen-bond acceptors (Lipinski definition) is 3. The van der Waals surface area contributed by atoms with E-state index in [0.717, 1.165) is 34.4 Å². The van der Waals surface area contributed by atoms with Crippen LogP contribution in [0.2, 0.25) is 0 Å². The molecule has 4 nitrogen and oxygen atoms in total. The lowest BCUT2D eigenvalue weighted by Gasteiger charge is -2.28. The monoisotopic (exact) mass is 445 g/mol. The number of hydrogen-bond donors (Lipinski definition) is 2. The normalized spacial score (nSPS) is 17.3. The third-order valence-electron chi connectivity index (χ3n) is 6.07. The average Bonchev–Trinajstić information content (AvgIpc) is 2.78. The molecule has 0 aliphatic heterocycles. The van der Waals surface area contributed by atoms with Crippen LogP contribution in [0.4, 0.5) is 0 Å². The Morgan fingerprint density at radius 2 is 1.66 bits per heavy atom. The summed E-state index contributed by atoms with van der Waals surface area (Å²) in [7, 11) is 0. The Morgan fingerprint density at radius 3 is 2.47 bits per heavy atom. The third-order valence-corrected chi connectivity index (χ3v) is 6.07. The van der Waals surface area contributed by atoms with E-state index in [1.54, 1.807) is 0 Å². The van der Waals surface area contributed by atoms with Crippen LogP contribution >= 0.6 is 12.4 Å². The molecular weight excluding hydrogens is 422 g/mol. The zero-order valence-electron chi connectivity index (χ0n) is 17.4. The van der Waals surface area contributed by atoms with E-state index in [9.17, 15) is 9.90 Å². The number of benzene rings is 4. The lowest BCUT2D eigenvalue weighted by Crippen LogP contribution is -2.37. The molecule has 0 radical (unpaired) electrons. The zero-order chi connectivity index (χ0) is 21.4. The average molecular weight is 446 g/mol. The Balaban J connectivity index is 0.00000245.